The first-order chi connectivity index (χ1) is 18.6. The normalized spacial score (nSPS) is 12.7. The van der Waals surface area contributed by atoms with Crippen LogP contribution in [0.25, 0.3) is 0 Å². The van der Waals surface area contributed by atoms with E-state index in [0.29, 0.717) is 30.5 Å². The number of carbonyl (C=O) groups is 1. The van der Waals surface area contributed by atoms with Crippen LogP contribution in [0, 0.1) is 13.8 Å². The number of hydrogen-bond acceptors (Lipinski definition) is 7. The van der Waals surface area contributed by atoms with E-state index in [1.807, 2.05) is 52.0 Å². The lowest BCUT2D eigenvalue weighted by Crippen LogP contribution is -2.43. The van der Waals surface area contributed by atoms with Gasteiger partial charge in [0.1, 0.15) is 11.5 Å². The Balaban J connectivity index is 1.57. The highest BCUT2D eigenvalue weighted by Crippen LogP contribution is 2.28. The zero-order chi connectivity index (χ0) is 29.7. The van der Waals surface area contributed by atoms with Crippen LogP contribution in [-0.2, 0) is 22.9 Å². The van der Waals surface area contributed by atoms with Gasteiger partial charge in [-0.2, -0.15) is 0 Å². The van der Waals surface area contributed by atoms with Crippen molar-refractivity contribution in [2.45, 2.75) is 52.2 Å². The van der Waals surface area contributed by atoms with Crippen LogP contribution in [0.1, 0.15) is 58.1 Å². The van der Waals surface area contributed by atoms with Crippen molar-refractivity contribution in [1.82, 2.24) is 10.6 Å². The minimum atomic E-state index is -3.59. The fourth-order valence-electron chi connectivity index (χ4n) is 4.47. The molecule has 216 valence electrons. The van der Waals surface area contributed by atoms with E-state index in [1.165, 1.54) is 18.2 Å². The Morgan fingerprint density at radius 3 is 2.38 bits per heavy atom. The van der Waals surface area contributed by atoms with Gasteiger partial charge in [-0.05, 0) is 98.7 Å². The molecule has 0 saturated heterocycles. The first-order valence-corrected chi connectivity index (χ1v) is 14.9. The Labute approximate surface area is 236 Å². The summed E-state index contributed by atoms with van der Waals surface area (Å²) in [6.45, 7) is 8.47. The minimum Gasteiger partial charge on any atom is -0.508 e. The summed E-state index contributed by atoms with van der Waals surface area (Å²) in [4.78, 5) is 12.8. The lowest BCUT2D eigenvalue weighted by molar-refractivity contribution is 0.0954. The van der Waals surface area contributed by atoms with E-state index in [-0.39, 0.29) is 29.6 Å². The molecule has 0 saturated carbocycles. The highest BCUT2D eigenvalue weighted by atomic mass is 32.2. The van der Waals surface area contributed by atoms with E-state index in [1.54, 1.807) is 12.1 Å². The van der Waals surface area contributed by atoms with Crippen LogP contribution < -0.4 is 15.4 Å². The lowest BCUT2D eigenvalue weighted by Gasteiger charge is -2.28. The van der Waals surface area contributed by atoms with Crippen LogP contribution in [0.3, 0.4) is 0 Å². The molecule has 0 unspecified atom stereocenters. The molecule has 0 spiro atoms. The summed E-state index contributed by atoms with van der Waals surface area (Å²) < 4.78 is 25.3. The molecule has 1 amide bonds. The van der Waals surface area contributed by atoms with Gasteiger partial charge >= 0.3 is 0 Å². The van der Waals surface area contributed by atoms with Crippen molar-refractivity contribution in [2.75, 3.05) is 24.1 Å². The number of hydrogen-bond donors (Lipinski definition) is 6. The number of rotatable bonds is 12. The number of phenolic OH excluding ortho intramolecular Hbond substituents is 2. The molecule has 0 heterocycles. The smallest absolute Gasteiger partial charge is 0.251 e. The minimum absolute atomic E-state index is 0.00159. The monoisotopic (exact) mass is 569 g/mol. The number of carbonyl (C=O) groups excluding carboxylic acids is 1. The van der Waals surface area contributed by atoms with Crippen LogP contribution in [0.4, 0.5) is 5.69 Å². The average Bonchev–Trinajstić information content (AvgIpc) is 2.87. The third kappa shape index (κ3) is 8.70. The van der Waals surface area contributed by atoms with Crippen molar-refractivity contribution < 1.29 is 28.5 Å². The number of aromatic hydroxyl groups is 2. The molecular formula is C30H39N3O6S. The molecule has 0 fully saturated rings. The van der Waals surface area contributed by atoms with Crippen molar-refractivity contribution in [3.05, 3.63) is 88.0 Å². The first-order valence-electron chi connectivity index (χ1n) is 13.0. The standard InChI is InChI=1S/C30H39N3O6S/c1-19-20(2)26(34)11-9-22(19)13-14-31-29(37)24-8-6-7-21(15-24)17-30(3,4)32-18-28(36)23-10-12-27(35)25(16-23)33-40(5,38)39/h6-12,15-16,28,32-36H,13-14,17-18H2,1-5H3,(H,31,37)/t28-/m0/s1. The van der Waals surface area contributed by atoms with E-state index in [4.69, 9.17) is 0 Å². The van der Waals surface area contributed by atoms with E-state index < -0.39 is 21.7 Å². The second-order valence-corrected chi connectivity index (χ2v) is 12.6. The molecule has 9 nitrogen and oxygen atoms in total. The Morgan fingerprint density at radius 2 is 1.68 bits per heavy atom. The molecule has 1 atom stereocenters. The predicted octanol–water partition coefficient (Wildman–Crippen LogP) is 3.70. The first kappa shape index (κ1) is 30.9. The van der Waals surface area contributed by atoms with Crippen LogP contribution in [0.15, 0.2) is 54.6 Å². The number of anilines is 1. The van der Waals surface area contributed by atoms with E-state index in [2.05, 4.69) is 15.4 Å². The molecule has 10 heteroatoms. The summed E-state index contributed by atoms with van der Waals surface area (Å²) in [7, 11) is -3.59. The largest absolute Gasteiger partial charge is 0.508 e. The Morgan fingerprint density at radius 1 is 0.975 bits per heavy atom. The fourth-order valence-corrected chi connectivity index (χ4v) is 5.04. The van der Waals surface area contributed by atoms with E-state index in [0.717, 1.165) is 28.5 Å². The Kier molecular flexibility index (Phi) is 9.83. The molecule has 0 radical (unpaired) electrons. The molecular weight excluding hydrogens is 530 g/mol. The van der Waals surface area contributed by atoms with E-state index >= 15 is 0 Å². The van der Waals surface area contributed by atoms with Crippen LogP contribution >= 0.6 is 0 Å². The molecule has 0 aliphatic rings. The highest BCUT2D eigenvalue weighted by molar-refractivity contribution is 7.92. The van der Waals surface area contributed by atoms with Crippen molar-refractivity contribution >= 4 is 21.6 Å². The summed E-state index contributed by atoms with van der Waals surface area (Å²) in [6.07, 6.45) is 1.28. The van der Waals surface area contributed by atoms with Gasteiger partial charge < -0.3 is 26.0 Å². The maximum Gasteiger partial charge on any atom is 0.251 e. The number of aliphatic hydroxyl groups excluding tert-OH is 1. The zero-order valence-electron chi connectivity index (χ0n) is 23.6. The number of sulfonamides is 1. The van der Waals surface area contributed by atoms with Gasteiger partial charge in [0.05, 0.1) is 18.0 Å². The lowest BCUT2D eigenvalue weighted by atomic mass is 9.93. The maximum absolute atomic E-state index is 12.8. The number of amides is 1. The third-order valence-electron chi connectivity index (χ3n) is 6.86. The van der Waals surface area contributed by atoms with Gasteiger partial charge in [0.2, 0.25) is 10.0 Å². The Hall–Kier alpha value is -3.60. The van der Waals surface area contributed by atoms with Gasteiger partial charge in [0, 0.05) is 24.2 Å². The fraction of sp³-hybridized carbons (Fsp3) is 0.367. The highest BCUT2D eigenvalue weighted by Gasteiger charge is 2.21. The second-order valence-electron chi connectivity index (χ2n) is 10.8. The van der Waals surface area contributed by atoms with Crippen molar-refractivity contribution in [1.29, 1.82) is 0 Å². The van der Waals surface area contributed by atoms with Crippen LogP contribution in [0.2, 0.25) is 0 Å². The zero-order valence-corrected chi connectivity index (χ0v) is 24.4. The van der Waals surface area contributed by atoms with Crippen LogP contribution in [-0.4, -0.2) is 54.5 Å². The van der Waals surface area contributed by atoms with Gasteiger partial charge in [0.25, 0.3) is 5.91 Å². The van der Waals surface area contributed by atoms with Crippen molar-refractivity contribution in [2.24, 2.45) is 0 Å². The quantitative estimate of drug-likeness (QED) is 0.182. The number of β-amino-alcohol motifs (C(OH)–C–C–N with tert-alkyl or cyclic N) is 1. The molecule has 0 aliphatic heterocycles. The summed E-state index contributed by atoms with van der Waals surface area (Å²) in [5, 5.41) is 36.8. The molecule has 0 aromatic heterocycles. The van der Waals surface area contributed by atoms with Gasteiger partial charge in [-0.15, -0.1) is 0 Å². The molecule has 3 rings (SSSR count). The summed E-state index contributed by atoms with van der Waals surface area (Å²) in [5.41, 5.74) is 4.47. The molecule has 0 aliphatic carbocycles. The van der Waals surface area contributed by atoms with Gasteiger partial charge in [0.15, 0.2) is 0 Å². The van der Waals surface area contributed by atoms with Crippen molar-refractivity contribution in [3.8, 4) is 11.5 Å². The van der Waals surface area contributed by atoms with Gasteiger partial charge in [-0.1, -0.05) is 24.3 Å². The summed E-state index contributed by atoms with van der Waals surface area (Å²) >= 11 is 0. The molecule has 3 aromatic rings. The third-order valence-corrected chi connectivity index (χ3v) is 7.45. The second kappa shape index (κ2) is 12.7. The van der Waals surface area contributed by atoms with Gasteiger partial charge in [-0.3, -0.25) is 9.52 Å². The number of aliphatic hydroxyl groups is 1. The summed E-state index contributed by atoms with van der Waals surface area (Å²) in [5.74, 6) is -0.128. The summed E-state index contributed by atoms with van der Waals surface area (Å²) in [6, 6.07) is 15.2. The number of nitrogens with one attached hydrogen (secondary N) is 3. The van der Waals surface area contributed by atoms with Gasteiger partial charge in [-0.25, -0.2) is 8.42 Å². The van der Waals surface area contributed by atoms with E-state index in [9.17, 15) is 28.5 Å². The predicted molar refractivity (Wildman–Crippen MR) is 157 cm³/mol. The Bertz CT molecular complexity index is 1470. The molecule has 3 aromatic carbocycles. The van der Waals surface area contributed by atoms with Crippen LogP contribution in [0.5, 0.6) is 11.5 Å². The maximum atomic E-state index is 12.8. The topological polar surface area (TPSA) is 148 Å². The average molecular weight is 570 g/mol. The van der Waals surface area contributed by atoms with Crippen molar-refractivity contribution in [3.63, 3.8) is 0 Å². The molecule has 0 bridgehead atoms. The molecule has 40 heavy (non-hydrogen) atoms. The molecule has 6 N–H and O–H groups in total. The SMILES string of the molecule is Cc1c(O)ccc(CCNC(=O)c2cccc(CC(C)(C)NC[C@H](O)c3ccc(O)c(NS(C)(=O)=O)c3)c2)c1C. The number of phenols is 2. The number of benzene rings is 3.